The molecule has 1 aromatic heterocycles. The number of anilines is 3. The van der Waals surface area contributed by atoms with Crippen LogP contribution in [0.3, 0.4) is 0 Å². The van der Waals surface area contributed by atoms with Crippen molar-refractivity contribution in [2.24, 2.45) is 0 Å². The maximum Gasteiger partial charge on any atom is 0.364 e. The quantitative estimate of drug-likeness (QED) is 0.0214. The molecular weight excluding hydrogens is 1530 g/mol. The molecule has 0 radical (unpaired) electrons. The van der Waals surface area contributed by atoms with Crippen LogP contribution < -0.4 is 31.1 Å². The summed E-state index contributed by atoms with van der Waals surface area (Å²) in [5.41, 5.74) is 0.350. The minimum absolute atomic E-state index is 0.00920. The Bertz CT molecular complexity index is 3130. The third kappa shape index (κ3) is 26.1. The first kappa shape index (κ1) is 95.2. The number of aliphatic carboxylic acids is 1. The Hall–Kier alpha value is -5.28. The zero-order chi connectivity index (χ0) is 83.6. The molecule has 0 spiro atoms. The van der Waals surface area contributed by atoms with Gasteiger partial charge in [-0.1, -0.05) is 96.8 Å². The summed E-state index contributed by atoms with van der Waals surface area (Å²) < 4.78 is 71.2. The predicted octanol–water partition coefficient (Wildman–Crippen LogP) is -6.04. The Labute approximate surface area is 665 Å². The first-order valence-corrected chi connectivity index (χ1v) is 39.9. The molecule has 658 valence electrons. The molecule has 7 fully saturated rings. The fourth-order valence-corrected chi connectivity index (χ4v) is 15.0. The molecule has 4 amide bonds. The number of hydrogen-bond acceptors (Lipinski definition) is 36. The Balaban J connectivity index is 1.03. The molecule has 7 saturated heterocycles. The van der Waals surface area contributed by atoms with Crippen LogP contribution in [0.2, 0.25) is 0 Å². The molecule has 115 heavy (non-hydrogen) atoms. The van der Waals surface area contributed by atoms with Crippen LogP contribution in [0, 0.1) is 0 Å². The average molecular weight is 1650 g/mol. The van der Waals surface area contributed by atoms with Crippen molar-refractivity contribution in [1.29, 1.82) is 0 Å². The van der Waals surface area contributed by atoms with Gasteiger partial charge in [0.1, 0.15) is 122 Å². The number of rotatable bonds is 44. The topological polar surface area (TPSA) is 608 Å². The number of nitrogens with zero attached hydrogens (tertiary/aromatic N) is 3. The summed E-state index contributed by atoms with van der Waals surface area (Å²) in [5, 5.41) is 201. The zero-order valence-electron chi connectivity index (χ0n) is 65.2. The SMILES string of the molecule is CCCCCCCCCCCCCCCCCC(=O)N[C@@H](CO[C@@H]1O[C@H](CO)[C@@H](O[C@@H]2O[C@H](CO)[C@H](O[C@@H]3O[C@H](CO)[C@H](O)[C@H](O[C@@H]4O[C@H](CO)[C@H](O)[C@H](O)[C@H]4O)[C@H]3NC(C)=O)[C@H](O[C@]3(C(=O)O)C[C@H](O)C(NC(C)=O)C([C@H](O)[C@H](O)CO)O3)[C@H]2O)[C@H](O)[C@H]1O)[C@H](O)/C=C/C(=O)Nc1ccc(N2CCOCC2)nc1N1CCOCC1. The number of aromatic nitrogens is 1. The Morgan fingerprint density at radius 2 is 1.08 bits per heavy atom. The molecule has 8 rings (SSSR count). The molecule has 0 aliphatic carbocycles. The van der Waals surface area contributed by atoms with E-state index in [-0.39, 0.29) is 6.42 Å². The molecule has 28 atom stereocenters. The van der Waals surface area contributed by atoms with E-state index in [9.17, 15) is 111 Å². The molecule has 0 bridgehead atoms. The first-order chi connectivity index (χ1) is 55.1. The monoisotopic (exact) mass is 1650 g/mol. The second kappa shape index (κ2) is 47.1. The summed E-state index contributed by atoms with van der Waals surface area (Å²) in [5.74, 6) is -7.52. The minimum Gasteiger partial charge on any atom is -0.477 e. The lowest BCUT2D eigenvalue weighted by molar-refractivity contribution is -0.403. The molecule has 41 heteroatoms. The van der Waals surface area contributed by atoms with Crippen LogP contribution >= 0.6 is 0 Å². The predicted molar refractivity (Wildman–Crippen MR) is 396 cm³/mol. The van der Waals surface area contributed by atoms with Crippen LogP contribution in [0.1, 0.15) is 130 Å². The normalized spacial score (nSPS) is 34.5. The molecular formula is C74H123N7O34. The van der Waals surface area contributed by atoms with Gasteiger partial charge in [-0.2, -0.15) is 0 Å². The van der Waals surface area contributed by atoms with Crippen molar-refractivity contribution in [3.63, 3.8) is 0 Å². The number of aliphatic hydroxyl groups excluding tert-OH is 16. The third-order valence-corrected chi connectivity index (χ3v) is 21.5. The fraction of sp³-hybridized carbons (Fsp3) is 0.838. The fourth-order valence-electron chi connectivity index (χ4n) is 15.0. The van der Waals surface area contributed by atoms with Crippen molar-refractivity contribution in [2.75, 3.05) is 107 Å². The van der Waals surface area contributed by atoms with Crippen molar-refractivity contribution in [3.8, 4) is 0 Å². The summed E-state index contributed by atoms with van der Waals surface area (Å²) >= 11 is 0. The van der Waals surface area contributed by atoms with Gasteiger partial charge in [0.25, 0.3) is 5.79 Å². The molecule has 0 saturated carbocycles. The van der Waals surface area contributed by atoms with Gasteiger partial charge in [0.2, 0.25) is 23.6 Å². The van der Waals surface area contributed by atoms with Crippen molar-refractivity contribution in [1.82, 2.24) is 20.9 Å². The number of nitrogens with one attached hydrogen (secondary N) is 4. The number of pyridine rings is 1. The van der Waals surface area contributed by atoms with Gasteiger partial charge in [0, 0.05) is 58.9 Å². The Morgan fingerprint density at radius 1 is 0.574 bits per heavy atom. The lowest BCUT2D eigenvalue weighted by atomic mass is 9.88. The Kier molecular flexibility index (Phi) is 39.0. The molecule has 7 aliphatic heterocycles. The smallest absolute Gasteiger partial charge is 0.364 e. The van der Waals surface area contributed by atoms with Gasteiger partial charge in [0.05, 0.1) is 96.0 Å². The number of carbonyl (C=O) groups excluding carboxylic acids is 4. The Morgan fingerprint density at radius 3 is 1.65 bits per heavy atom. The number of carboxylic acid groups (broad SMARTS) is 1. The second-order valence-corrected chi connectivity index (χ2v) is 30.1. The van der Waals surface area contributed by atoms with E-state index in [1.165, 1.54) is 51.4 Å². The number of ether oxygens (including phenoxy) is 12. The number of amides is 4. The van der Waals surface area contributed by atoms with Crippen LogP contribution in [0.4, 0.5) is 17.3 Å². The standard InChI is InChI=1S/C74H123N7O34/c1-4-5-6-7-8-9-10-11-12-13-14-15-16-17-18-19-51(92)78-42(43(89)21-23-52(93)77-41-20-22-50(80-24-28-104-29-25-80)79-68(41)81-26-30-105-31-27-81)38-106-70-61(100)59(98)63(48(36-85)109-70)111-72-62(101)67(115-74(73(102)103)32-44(90)53(75-39(2)87)66(114-74)55(94)45(91)33-82)64(49(37-86)110-72)112-69-54(76-40(3)88)65(57(96)47(35-84)107-69)113-71-60(99)58(97)56(95)46(34-83)108-71/h20-23,42-49,53-67,69-72,82-86,89-91,94-101H,4-19,24-38H2,1-3H3,(H,75,87)(H,76,88)(H,77,93)(H,78,92)(H,102,103)/b23-21+/t42-,43+,44-,45+,46+,47+,48+,49+,53?,54+,55+,56-,57-,58-,59+,60+,61+,62+,63+,64-,65+,66?,67+,69-,70+,71-,72-,74-/m0/s1. The number of unbranched alkanes of at least 4 members (excludes halogenated alkanes) is 14. The number of hydrogen-bond donors (Lipinski definition) is 21. The van der Waals surface area contributed by atoms with Crippen molar-refractivity contribution >= 4 is 46.9 Å². The lowest BCUT2D eigenvalue weighted by Gasteiger charge is -2.52. The van der Waals surface area contributed by atoms with Crippen LogP contribution in [0.25, 0.3) is 0 Å². The van der Waals surface area contributed by atoms with E-state index in [1.807, 2.05) is 4.90 Å². The van der Waals surface area contributed by atoms with E-state index in [4.69, 9.17) is 61.8 Å². The lowest BCUT2D eigenvalue weighted by Crippen LogP contribution is -2.72. The summed E-state index contributed by atoms with van der Waals surface area (Å²) in [6, 6.07) is -1.67. The average Bonchev–Trinajstić information content (AvgIpc) is 0.742. The molecule has 2 unspecified atom stereocenters. The highest BCUT2D eigenvalue weighted by Crippen LogP contribution is 2.42. The number of carboxylic acids is 1. The van der Waals surface area contributed by atoms with E-state index < -0.39 is 247 Å². The zero-order valence-corrected chi connectivity index (χ0v) is 65.2. The molecule has 41 nitrogen and oxygen atoms in total. The molecule has 8 heterocycles. The highest BCUT2D eigenvalue weighted by molar-refractivity contribution is 6.01. The van der Waals surface area contributed by atoms with E-state index in [0.29, 0.717) is 76.4 Å². The summed E-state index contributed by atoms with van der Waals surface area (Å²) in [6.45, 7) is 1.68. The molecule has 1 aromatic rings. The van der Waals surface area contributed by atoms with Crippen molar-refractivity contribution in [2.45, 2.75) is 301 Å². The van der Waals surface area contributed by atoms with E-state index in [2.05, 4.69) is 33.1 Å². The van der Waals surface area contributed by atoms with Crippen LogP contribution in [0.15, 0.2) is 24.3 Å². The molecule has 0 aromatic carbocycles. The van der Waals surface area contributed by atoms with Gasteiger partial charge < -0.3 is 175 Å². The van der Waals surface area contributed by atoms with Gasteiger partial charge >= 0.3 is 5.97 Å². The van der Waals surface area contributed by atoms with Gasteiger partial charge in [-0.15, -0.1) is 0 Å². The highest BCUT2D eigenvalue weighted by Gasteiger charge is 2.62. The summed E-state index contributed by atoms with van der Waals surface area (Å²) in [4.78, 5) is 76.1. The van der Waals surface area contributed by atoms with E-state index in [1.54, 1.807) is 12.1 Å². The van der Waals surface area contributed by atoms with Crippen molar-refractivity contribution < 1.29 is 168 Å². The van der Waals surface area contributed by atoms with E-state index in [0.717, 1.165) is 64.5 Å². The summed E-state index contributed by atoms with van der Waals surface area (Å²) in [7, 11) is 0. The maximum absolute atomic E-state index is 13.9. The third-order valence-electron chi connectivity index (χ3n) is 21.5. The van der Waals surface area contributed by atoms with Gasteiger partial charge in [-0.3, -0.25) is 19.2 Å². The van der Waals surface area contributed by atoms with Gasteiger partial charge in [-0.05, 0) is 24.6 Å². The number of aliphatic hydroxyl groups is 16. The van der Waals surface area contributed by atoms with Gasteiger partial charge in [0.15, 0.2) is 31.0 Å². The van der Waals surface area contributed by atoms with Crippen LogP contribution in [0.5, 0.6) is 0 Å². The maximum atomic E-state index is 13.9. The number of morpholine rings is 2. The highest BCUT2D eigenvalue weighted by atomic mass is 16.8. The van der Waals surface area contributed by atoms with E-state index >= 15 is 0 Å². The van der Waals surface area contributed by atoms with Gasteiger partial charge in [-0.25, -0.2) is 9.78 Å². The molecule has 21 N–H and O–H groups in total. The van der Waals surface area contributed by atoms with Crippen molar-refractivity contribution in [3.05, 3.63) is 24.3 Å². The first-order valence-electron chi connectivity index (χ1n) is 39.9. The van der Waals surface area contributed by atoms with Crippen LogP contribution in [-0.2, 0) is 80.8 Å². The largest absolute Gasteiger partial charge is 0.477 e. The second-order valence-electron chi connectivity index (χ2n) is 30.1. The minimum atomic E-state index is -3.42. The summed E-state index contributed by atoms with van der Waals surface area (Å²) in [6.07, 6.45) is -33.6. The number of carbonyl (C=O) groups is 5. The molecule has 7 aliphatic rings. The van der Waals surface area contributed by atoms with Crippen LogP contribution in [-0.4, -0.2) is 385 Å².